The van der Waals surface area contributed by atoms with Crippen LogP contribution >= 0.6 is 0 Å². The standard InChI is InChI=1S/C38H51N3O12S2/c1-5-7-18-38(6-2)23-54(46,47)30-17-16-27(41(3)4)20-28(30)31(35(38)44)25-14-11-15-26(19-25)39-37(45)40-36-33(43)34(51-21-24-12-9-8-10-13-24)32(42)29(53-36)22-52-55(48,49)50/h8-17,19-20,29,31-36,42-44H,5-7,18,21-23H2,1-4H3,(H2,39,40,45)(H,48,49,50)/t29-,31?,32-,33-,34+,35-,36-,38-/m1/s1. The van der Waals surface area contributed by atoms with E-state index >= 15 is 0 Å². The van der Waals surface area contributed by atoms with Gasteiger partial charge in [-0.15, -0.1) is 0 Å². The number of hydrogen-bond donors (Lipinski definition) is 6. The lowest BCUT2D eigenvalue weighted by atomic mass is 9.69. The molecule has 2 aliphatic heterocycles. The second kappa shape index (κ2) is 17.7. The summed E-state index contributed by atoms with van der Waals surface area (Å²) in [6.07, 6.45) is -6.32. The Kier molecular flexibility index (Phi) is 13.6. The van der Waals surface area contributed by atoms with Crippen LogP contribution in [0.25, 0.3) is 0 Å². The van der Waals surface area contributed by atoms with Crippen molar-refractivity contribution >= 4 is 37.6 Å². The third kappa shape index (κ3) is 10.0. The number of aliphatic hydroxyl groups is 3. The number of aliphatic hydroxyl groups excluding tert-OH is 3. The van der Waals surface area contributed by atoms with Gasteiger partial charge in [0.2, 0.25) is 0 Å². The highest BCUT2D eigenvalue weighted by atomic mass is 32.3. The Labute approximate surface area is 322 Å². The smallest absolute Gasteiger partial charge is 0.392 e. The molecule has 0 aromatic heterocycles. The number of sulfone groups is 1. The molecule has 0 bridgehead atoms. The minimum Gasteiger partial charge on any atom is -0.392 e. The Morgan fingerprint density at radius 3 is 2.38 bits per heavy atom. The van der Waals surface area contributed by atoms with Crippen LogP contribution in [0.5, 0.6) is 0 Å². The lowest BCUT2D eigenvalue weighted by Gasteiger charge is -2.42. The molecule has 55 heavy (non-hydrogen) atoms. The number of carbonyl (C=O) groups excluding carboxylic acids is 1. The Morgan fingerprint density at radius 1 is 1.00 bits per heavy atom. The van der Waals surface area contributed by atoms with E-state index in [0.29, 0.717) is 29.5 Å². The van der Waals surface area contributed by atoms with Crippen molar-refractivity contribution in [2.24, 2.45) is 5.41 Å². The number of carbonyl (C=O) groups is 1. The van der Waals surface area contributed by atoms with Gasteiger partial charge < -0.3 is 40.3 Å². The highest BCUT2D eigenvalue weighted by Gasteiger charge is 2.49. The van der Waals surface area contributed by atoms with E-state index in [1.54, 1.807) is 72.8 Å². The van der Waals surface area contributed by atoms with Crippen LogP contribution in [0.4, 0.5) is 16.2 Å². The van der Waals surface area contributed by atoms with E-state index in [1.165, 1.54) is 0 Å². The van der Waals surface area contributed by atoms with Gasteiger partial charge in [0.15, 0.2) is 16.1 Å². The molecule has 0 radical (unpaired) electrons. The van der Waals surface area contributed by atoms with E-state index in [1.807, 2.05) is 32.8 Å². The second-order valence-corrected chi connectivity index (χ2v) is 17.4. The number of amides is 2. The molecule has 2 heterocycles. The van der Waals surface area contributed by atoms with Crippen LogP contribution in [-0.2, 0) is 40.5 Å². The molecule has 0 aliphatic carbocycles. The molecule has 0 spiro atoms. The molecular weight excluding hydrogens is 755 g/mol. The predicted octanol–water partition coefficient (Wildman–Crippen LogP) is 3.59. The number of hydrogen-bond acceptors (Lipinski definition) is 12. The number of unbranched alkanes of at least 4 members (excludes halogenated alkanes) is 1. The van der Waals surface area contributed by atoms with Crippen LogP contribution in [0.3, 0.4) is 0 Å². The maximum Gasteiger partial charge on any atom is 0.397 e. The average molecular weight is 806 g/mol. The van der Waals surface area contributed by atoms with Crippen LogP contribution in [0.2, 0.25) is 0 Å². The third-order valence-electron chi connectivity index (χ3n) is 10.5. The lowest BCUT2D eigenvalue weighted by molar-refractivity contribution is -0.246. The van der Waals surface area contributed by atoms with Crippen molar-refractivity contribution in [3.8, 4) is 0 Å². The average Bonchev–Trinajstić information content (AvgIpc) is 3.21. The summed E-state index contributed by atoms with van der Waals surface area (Å²) in [5, 5.41) is 39.7. The van der Waals surface area contributed by atoms with Crippen molar-refractivity contribution in [2.75, 3.05) is 36.7 Å². The van der Waals surface area contributed by atoms with E-state index in [4.69, 9.17) is 14.0 Å². The van der Waals surface area contributed by atoms with Gasteiger partial charge in [0.25, 0.3) is 0 Å². The zero-order valence-corrected chi connectivity index (χ0v) is 32.9. The fourth-order valence-corrected chi connectivity index (χ4v) is 9.98. The lowest BCUT2D eigenvalue weighted by Crippen LogP contribution is -2.64. The largest absolute Gasteiger partial charge is 0.397 e. The molecule has 3 aromatic rings. The van der Waals surface area contributed by atoms with Gasteiger partial charge in [-0.2, -0.15) is 8.42 Å². The Balaban J connectivity index is 1.43. The van der Waals surface area contributed by atoms with Crippen LogP contribution < -0.4 is 15.5 Å². The number of anilines is 2. The van der Waals surface area contributed by atoms with Crippen LogP contribution in [-0.4, -0.2) is 106 Å². The van der Waals surface area contributed by atoms with Crippen LogP contribution in [0, 0.1) is 5.41 Å². The summed E-state index contributed by atoms with van der Waals surface area (Å²) in [5.74, 6) is -1.00. The highest BCUT2D eigenvalue weighted by Crippen LogP contribution is 2.49. The van der Waals surface area contributed by atoms with Gasteiger partial charge in [-0.1, -0.05) is 69.2 Å². The maximum atomic E-state index is 14.0. The maximum absolute atomic E-state index is 14.0. The minimum absolute atomic E-state index is 0.0531. The van der Waals surface area contributed by atoms with Crippen molar-refractivity contribution in [1.82, 2.24) is 5.32 Å². The molecule has 8 atom stereocenters. The van der Waals surface area contributed by atoms with E-state index in [2.05, 4.69) is 14.8 Å². The van der Waals surface area contributed by atoms with Gasteiger partial charge in [-0.05, 0) is 59.9 Å². The third-order valence-corrected chi connectivity index (χ3v) is 12.9. The van der Waals surface area contributed by atoms with Crippen LogP contribution in [0.15, 0.2) is 77.7 Å². The number of urea groups is 1. The number of nitrogens with one attached hydrogen (secondary N) is 2. The van der Waals surface area contributed by atoms with Crippen LogP contribution in [0.1, 0.15) is 62.1 Å². The number of rotatable bonds is 14. The van der Waals surface area contributed by atoms with Gasteiger partial charge in [-0.25, -0.2) is 17.4 Å². The molecule has 1 saturated heterocycles. The molecule has 0 saturated carbocycles. The molecule has 3 aromatic carbocycles. The zero-order chi connectivity index (χ0) is 40.1. The number of fused-ring (bicyclic) bond motifs is 1. The first kappa shape index (κ1) is 42.5. The van der Waals surface area contributed by atoms with Gasteiger partial charge >= 0.3 is 16.4 Å². The summed E-state index contributed by atoms with van der Waals surface area (Å²) >= 11 is 0. The van der Waals surface area contributed by atoms with Crippen molar-refractivity contribution in [3.05, 3.63) is 89.5 Å². The van der Waals surface area contributed by atoms with Gasteiger partial charge in [0, 0.05) is 36.8 Å². The molecule has 2 aliphatic rings. The molecule has 15 nitrogen and oxygen atoms in total. The predicted molar refractivity (Wildman–Crippen MR) is 205 cm³/mol. The molecule has 5 rings (SSSR count). The Hall–Kier alpha value is -3.65. The van der Waals surface area contributed by atoms with Crippen molar-refractivity contribution in [1.29, 1.82) is 0 Å². The summed E-state index contributed by atoms with van der Waals surface area (Å²) in [5.41, 5.74) is 1.78. The Bertz CT molecular complexity index is 2000. The number of nitrogens with zero attached hydrogens (tertiary/aromatic N) is 1. The van der Waals surface area contributed by atoms with Gasteiger partial charge in [0.1, 0.15) is 24.4 Å². The summed E-state index contributed by atoms with van der Waals surface area (Å²) in [7, 11) is -5.07. The molecule has 2 amide bonds. The summed E-state index contributed by atoms with van der Waals surface area (Å²) in [6, 6.07) is 19.8. The quantitative estimate of drug-likeness (QED) is 0.129. The monoisotopic (exact) mass is 805 g/mol. The minimum atomic E-state index is -4.93. The summed E-state index contributed by atoms with van der Waals surface area (Å²) in [4.78, 5) is 15.5. The SMILES string of the molecule is CCCC[C@]1(CC)CS(=O)(=O)c2ccc(N(C)C)cc2C(c2cccc(NC(=O)N[C@@H]3O[C@H](COS(=O)(=O)O)[C@@H](O)[C@H](OCc4ccccc4)[C@H]3O)c2)[C@H]1O. The first-order valence-corrected chi connectivity index (χ1v) is 21.2. The van der Waals surface area contributed by atoms with Crippen molar-refractivity contribution in [3.63, 3.8) is 0 Å². The zero-order valence-electron chi connectivity index (χ0n) is 31.2. The molecule has 302 valence electrons. The summed E-state index contributed by atoms with van der Waals surface area (Å²) in [6.45, 7) is 3.00. The second-order valence-electron chi connectivity index (χ2n) is 14.4. The van der Waals surface area contributed by atoms with E-state index < -0.39 is 81.0 Å². The topological polar surface area (TPSA) is 221 Å². The van der Waals surface area contributed by atoms with E-state index in [0.717, 1.165) is 18.5 Å². The summed E-state index contributed by atoms with van der Waals surface area (Å²) < 4.78 is 75.7. The van der Waals surface area contributed by atoms with Crippen molar-refractivity contribution in [2.45, 2.75) is 93.7 Å². The molecule has 6 N–H and O–H groups in total. The highest BCUT2D eigenvalue weighted by molar-refractivity contribution is 7.91. The molecule has 1 unspecified atom stereocenters. The number of ether oxygens (including phenoxy) is 2. The van der Waals surface area contributed by atoms with E-state index in [-0.39, 0.29) is 22.9 Å². The van der Waals surface area contributed by atoms with Gasteiger partial charge in [-0.3, -0.25) is 4.55 Å². The fraction of sp³-hybridized carbons (Fsp3) is 0.500. The molecule has 1 fully saturated rings. The van der Waals surface area contributed by atoms with E-state index in [9.17, 15) is 36.9 Å². The normalized spacial score (nSPS) is 27.7. The van der Waals surface area contributed by atoms with Crippen molar-refractivity contribution < 1.29 is 55.2 Å². The molecular formula is C38H51N3O12S2. The van der Waals surface area contributed by atoms with Gasteiger partial charge in [0.05, 0.1) is 30.0 Å². The molecule has 17 heteroatoms. The Morgan fingerprint density at radius 2 is 1.73 bits per heavy atom. The number of benzene rings is 3. The fourth-order valence-electron chi connectivity index (χ4n) is 7.42. The first-order chi connectivity index (χ1) is 26.0. The first-order valence-electron chi connectivity index (χ1n) is 18.2.